The van der Waals surface area contributed by atoms with E-state index in [1.807, 2.05) is 30.3 Å². The number of aliphatic imine (C=N–C) groups is 1. The number of nitro groups is 1. The van der Waals surface area contributed by atoms with E-state index in [1.165, 1.54) is 19.2 Å². The van der Waals surface area contributed by atoms with Gasteiger partial charge in [0.1, 0.15) is 12.5 Å². The summed E-state index contributed by atoms with van der Waals surface area (Å²) in [5.41, 5.74) is 3.39. The monoisotopic (exact) mass is 462 g/mol. The molecule has 1 aliphatic heterocycles. The Kier molecular flexibility index (Phi) is 6.98. The third-order valence-corrected chi connectivity index (χ3v) is 6.41. The highest BCUT2D eigenvalue weighted by Crippen LogP contribution is 2.47. The van der Waals surface area contributed by atoms with Crippen molar-refractivity contribution in [3.8, 4) is 0 Å². The van der Waals surface area contributed by atoms with Gasteiger partial charge in [-0.25, -0.2) is 0 Å². The number of benzene rings is 2. The highest BCUT2D eigenvalue weighted by atomic mass is 16.6. The van der Waals surface area contributed by atoms with Gasteiger partial charge in [0.25, 0.3) is 5.69 Å². The molecular weight excluding hydrogens is 436 g/mol. The molecule has 0 saturated heterocycles. The number of hydrogen-bond donors (Lipinski definition) is 0. The maximum Gasteiger partial charge on any atom is 0.315 e. The topological polar surface area (TPSA) is 108 Å². The Morgan fingerprint density at radius 1 is 1.06 bits per heavy atom. The highest BCUT2D eigenvalue weighted by molar-refractivity contribution is 6.09. The van der Waals surface area contributed by atoms with Crippen LogP contribution in [0.1, 0.15) is 42.7 Å². The number of ketones is 1. The molecule has 0 saturated carbocycles. The predicted molar refractivity (Wildman–Crippen MR) is 126 cm³/mol. The van der Waals surface area contributed by atoms with Crippen molar-refractivity contribution in [2.45, 2.75) is 31.6 Å². The van der Waals surface area contributed by atoms with Crippen LogP contribution in [0.3, 0.4) is 0 Å². The Balaban J connectivity index is 1.75. The second-order valence-corrected chi connectivity index (χ2v) is 8.52. The van der Waals surface area contributed by atoms with Crippen molar-refractivity contribution in [3.63, 3.8) is 0 Å². The Bertz CT molecular complexity index is 1150. The molecule has 8 heteroatoms. The van der Waals surface area contributed by atoms with Crippen LogP contribution in [-0.2, 0) is 19.1 Å². The fourth-order valence-corrected chi connectivity index (χ4v) is 4.80. The number of nitrogens with zero attached hydrogens (tertiary/aromatic N) is 2. The molecule has 0 bridgehead atoms. The van der Waals surface area contributed by atoms with Crippen LogP contribution in [0.15, 0.2) is 70.9 Å². The number of carbonyl (C=O) groups excluding carboxylic acids is 2. The molecule has 0 N–H and O–H groups in total. The van der Waals surface area contributed by atoms with E-state index in [0.717, 1.165) is 5.56 Å². The van der Waals surface area contributed by atoms with E-state index in [2.05, 4.69) is 0 Å². The van der Waals surface area contributed by atoms with Crippen LogP contribution in [0.4, 0.5) is 5.69 Å². The molecule has 34 heavy (non-hydrogen) atoms. The van der Waals surface area contributed by atoms with E-state index in [1.54, 1.807) is 19.1 Å². The van der Waals surface area contributed by atoms with E-state index < -0.39 is 22.7 Å². The predicted octanol–water partition coefficient (Wildman–Crippen LogP) is 4.36. The Morgan fingerprint density at radius 2 is 1.76 bits per heavy atom. The standard InChI is InChI=1S/C26H26N2O6/c1-16-23(26(30)34-13-12-33-2)24(18-8-10-20(11-9-18)28(31)32)25-21(27-16)14-19(15-22(25)29)17-6-4-3-5-7-17/h3-11,19,23-24H,12-15H2,1-2H3/t19-,23?,24-/m1/s1. The number of allylic oxidation sites excluding steroid dienone is 2. The van der Waals surface area contributed by atoms with Crippen LogP contribution in [0.5, 0.6) is 0 Å². The smallest absolute Gasteiger partial charge is 0.315 e. The number of non-ortho nitro benzene ring substituents is 1. The van der Waals surface area contributed by atoms with Gasteiger partial charge < -0.3 is 9.47 Å². The molecule has 2 aliphatic rings. The molecule has 0 radical (unpaired) electrons. The summed E-state index contributed by atoms with van der Waals surface area (Å²) in [5, 5.41) is 11.1. The molecule has 3 atom stereocenters. The van der Waals surface area contributed by atoms with Crippen molar-refractivity contribution in [1.82, 2.24) is 0 Å². The number of Topliss-reactive ketones (excluding diaryl/α,β-unsaturated/α-hetero) is 1. The van der Waals surface area contributed by atoms with Gasteiger partial charge in [-0.1, -0.05) is 42.5 Å². The van der Waals surface area contributed by atoms with Gasteiger partial charge in [-0.3, -0.25) is 24.7 Å². The van der Waals surface area contributed by atoms with Crippen LogP contribution in [0.25, 0.3) is 0 Å². The van der Waals surface area contributed by atoms with Crippen molar-refractivity contribution in [2.24, 2.45) is 10.9 Å². The molecule has 0 aromatic heterocycles. The van der Waals surface area contributed by atoms with Gasteiger partial charge in [0, 0.05) is 48.6 Å². The zero-order valence-electron chi connectivity index (χ0n) is 19.1. The molecule has 1 aliphatic carbocycles. The summed E-state index contributed by atoms with van der Waals surface area (Å²) in [4.78, 5) is 42.0. The van der Waals surface area contributed by atoms with Crippen molar-refractivity contribution < 1.29 is 24.0 Å². The first-order valence-corrected chi connectivity index (χ1v) is 11.2. The van der Waals surface area contributed by atoms with Crippen molar-refractivity contribution in [2.75, 3.05) is 20.3 Å². The lowest BCUT2D eigenvalue weighted by Gasteiger charge is -2.36. The fraction of sp³-hybridized carbons (Fsp3) is 0.346. The zero-order valence-corrected chi connectivity index (χ0v) is 19.1. The molecule has 1 heterocycles. The highest BCUT2D eigenvalue weighted by Gasteiger charge is 2.44. The minimum absolute atomic E-state index is 0.00622. The summed E-state index contributed by atoms with van der Waals surface area (Å²) in [7, 11) is 1.52. The Labute approximate surface area is 197 Å². The average molecular weight is 463 g/mol. The summed E-state index contributed by atoms with van der Waals surface area (Å²) in [6.45, 7) is 2.10. The van der Waals surface area contributed by atoms with Crippen molar-refractivity contribution in [3.05, 3.63) is 87.1 Å². The third kappa shape index (κ3) is 4.68. The molecule has 8 nitrogen and oxygen atoms in total. The third-order valence-electron chi connectivity index (χ3n) is 6.41. The first kappa shape index (κ1) is 23.5. The summed E-state index contributed by atoms with van der Waals surface area (Å²) >= 11 is 0. The molecule has 0 fully saturated rings. The Morgan fingerprint density at radius 3 is 2.41 bits per heavy atom. The number of carbonyl (C=O) groups is 2. The summed E-state index contributed by atoms with van der Waals surface area (Å²) in [6, 6.07) is 15.9. The summed E-state index contributed by atoms with van der Waals surface area (Å²) < 4.78 is 10.4. The quantitative estimate of drug-likeness (QED) is 0.262. The molecule has 2 aromatic carbocycles. The molecule has 1 unspecified atom stereocenters. The number of rotatable bonds is 7. The van der Waals surface area contributed by atoms with Crippen LogP contribution >= 0.6 is 0 Å². The van der Waals surface area contributed by atoms with E-state index in [9.17, 15) is 19.7 Å². The maximum atomic E-state index is 13.5. The van der Waals surface area contributed by atoms with E-state index in [-0.39, 0.29) is 30.6 Å². The number of nitro benzene ring substituents is 1. The van der Waals surface area contributed by atoms with Gasteiger partial charge in [0.2, 0.25) is 0 Å². The lowest BCUT2D eigenvalue weighted by atomic mass is 9.69. The zero-order chi connectivity index (χ0) is 24.2. The van der Waals surface area contributed by atoms with Crippen molar-refractivity contribution >= 4 is 23.2 Å². The number of esters is 1. The van der Waals surface area contributed by atoms with Crippen LogP contribution in [0.2, 0.25) is 0 Å². The normalized spacial score (nSPS) is 22.1. The van der Waals surface area contributed by atoms with E-state index in [0.29, 0.717) is 35.4 Å². The van der Waals surface area contributed by atoms with Gasteiger partial charge in [-0.2, -0.15) is 0 Å². The van der Waals surface area contributed by atoms with Crippen LogP contribution in [-0.4, -0.2) is 42.7 Å². The number of ether oxygens (including phenoxy) is 2. The molecule has 4 rings (SSSR count). The minimum Gasteiger partial charge on any atom is -0.463 e. The number of methoxy groups -OCH3 is 1. The lowest BCUT2D eigenvalue weighted by Crippen LogP contribution is -2.38. The number of hydrogen-bond acceptors (Lipinski definition) is 7. The minimum atomic E-state index is -0.797. The van der Waals surface area contributed by atoms with E-state index in [4.69, 9.17) is 14.5 Å². The fourth-order valence-electron chi connectivity index (χ4n) is 4.80. The van der Waals surface area contributed by atoms with Gasteiger partial charge in [-0.05, 0) is 30.4 Å². The van der Waals surface area contributed by atoms with E-state index >= 15 is 0 Å². The molecule has 0 spiro atoms. The first-order valence-electron chi connectivity index (χ1n) is 11.2. The summed E-state index contributed by atoms with van der Waals surface area (Å²) in [6.07, 6.45) is 0.893. The van der Waals surface area contributed by atoms with Gasteiger partial charge in [0.15, 0.2) is 5.78 Å². The maximum absolute atomic E-state index is 13.5. The molecule has 0 amide bonds. The lowest BCUT2D eigenvalue weighted by molar-refractivity contribution is -0.384. The molecular formula is C26H26N2O6. The molecule has 2 aromatic rings. The van der Waals surface area contributed by atoms with Gasteiger partial charge >= 0.3 is 5.97 Å². The average Bonchev–Trinajstić information content (AvgIpc) is 2.83. The van der Waals surface area contributed by atoms with Crippen molar-refractivity contribution in [1.29, 1.82) is 0 Å². The van der Waals surface area contributed by atoms with Gasteiger partial charge in [0.05, 0.1) is 11.5 Å². The largest absolute Gasteiger partial charge is 0.463 e. The summed E-state index contributed by atoms with van der Waals surface area (Å²) in [5.74, 6) is -1.97. The van der Waals surface area contributed by atoms with Crippen LogP contribution in [0, 0.1) is 16.0 Å². The Hall–Kier alpha value is -3.65. The SMILES string of the molecule is COCCOC(=O)C1C(C)=NC2=C(C(=O)C[C@H](c3ccccc3)C2)[C@@H]1c1ccc([N+](=O)[O-])cc1. The molecule has 176 valence electrons. The second kappa shape index (κ2) is 10.1. The van der Waals surface area contributed by atoms with Gasteiger partial charge in [-0.15, -0.1) is 0 Å². The second-order valence-electron chi connectivity index (χ2n) is 8.52. The first-order chi connectivity index (χ1) is 16.4. The van der Waals surface area contributed by atoms with Crippen LogP contribution < -0.4 is 0 Å².